The molecule has 5 heteroatoms. The minimum atomic E-state index is -0.374. The average Bonchev–Trinajstić information content (AvgIpc) is 2.39. The van der Waals surface area contributed by atoms with Crippen LogP contribution in [0, 0.1) is 0 Å². The summed E-state index contributed by atoms with van der Waals surface area (Å²) >= 11 is 0. The average molecular weight is 270 g/mol. The van der Waals surface area contributed by atoms with Crippen LogP contribution < -0.4 is 5.32 Å². The van der Waals surface area contributed by atoms with Gasteiger partial charge in [0.25, 0.3) is 0 Å². The van der Waals surface area contributed by atoms with Gasteiger partial charge in [0.1, 0.15) is 12.1 Å². The molecule has 19 heavy (non-hydrogen) atoms. The summed E-state index contributed by atoms with van der Waals surface area (Å²) in [7, 11) is 1.66. The SMILES string of the molecule is CCC1NC(=O)C(CC)N(CCC(C)(C)OC)C1=O. The van der Waals surface area contributed by atoms with Gasteiger partial charge in [-0.1, -0.05) is 13.8 Å². The first-order valence-corrected chi connectivity index (χ1v) is 7.02. The highest BCUT2D eigenvalue weighted by Crippen LogP contribution is 2.19. The van der Waals surface area contributed by atoms with Gasteiger partial charge in [-0.05, 0) is 33.1 Å². The number of hydrogen-bond donors (Lipinski definition) is 1. The summed E-state index contributed by atoms with van der Waals surface area (Å²) in [4.78, 5) is 26.1. The van der Waals surface area contributed by atoms with Crippen molar-refractivity contribution in [3.8, 4) is 0 Å². The van der Waals surface area contributed by atoms with Crippen LogP contribution in [-0.4, -0.2) is 48.1 Å². The van der Waals surface area contributed by atoms with E-state index in [9.17, 15) is 9.59 Å². The third-order valence-electron chi connectivity index (χ3n) is 3.88. The minimum Gasteiger partial charge on any atom is -0.379 e. The molecule has 1 fully saturated rings. The van der Waals surface area contributed by atoms with Gasteiger partial charge in [0.2, 0.25) is 11.8 Å². The fourth-order valence-electron chi connectivity index (χ4n) is 2.27. The number of nitrogens with one attached hydrogen (secondary N) is 1. The smallest absolute Gasteiger partial charge is 0.245 e. The number of amides is 2. The first kappa shape index (κ1) is 16.0. The van der Waals surface area contributed by atoms with E-state index in [0.29, 0.717) is 19.4 Å². The number of carbonyl (C=O) groups excluding carboxylic acids is 2. The van der Waals surface area contributed by atoms with E-state index in [-0.39, 0.29) is 29.5 Å². The number of ether oxygens (including phenoxy) is 1. The lowest BCUT2D eigenvalue weighted by Gasteiger charge is -2.39. The number of carbonyl (C=O) groups is 2. The zero-order valence-electron chi connectivity index (χ0n) is 12.7. The van der Waals surface area contributed by atoms with Gasteiger partial charge in [0.05, 0.1) is 5.60 Å². The Bertz CT molecular complexity index is 342. The van der Waals surface area contributed by atoms with Crippen molar-refractivity contribution in [3.05, 3.63) is 0 Å². The van der Waals surface area contributed by atoms with Gasteiger partial charge < -0.3 is 15.0 Å². The molecule has 1 N–H and O–H groups in total. The van der Waals surface area contributed by atoms with Crippen molar-refractivity contribution in [2.45, 2.75) is 64.6 Å². The Morgan fingerprint density at radius 3 is 2.37 bits per heavy atom. The summed E-state index contributed by atoms with van der Waals surface area (Å²) in [5.41, 5.74) is -0.284. The Hall–Kier alpha value is -1.10. The molecular weight excluding hydrogens is 244 g/mol. The highest BCUT2D eigenvalue weighted by Gasteiger charge is 2.39. The predicted molar refractivity (Wildman–Crippen MR) is 73.7 cm³/mol. The van der Waals surface area contributed by atoms with E-state index in [1.54, 1.807) is 12.0 Å². The zero-order chi connectivity index (χ0) is 14.6. The molecule has 0 radical (unpaired) electrons. The van der Waals surface area contributed by atoms with Gasteiger partial charge in [-0.3, -0.25) is 9.59 Å². The largest absolute Gasteiger partial charge is 0.379 e. The lowest BCUT2D eigenvalue weighted by Crippen LogP contribution is -2.63. The molecule has 2 amide bonds. The Morgan fingerprint density at radius 1 is 1.26 bits per heavy atom. The molecule has 0 aromatic rings. The molecule has 1 aliphatic rings. The number of piperazine rings is 1. The maximum atomic E-state index is 12.3. The molecular formula is C14H26N2O3. The summed E-state index contributed by atoms with van der Waals surface area (Å²) in [6.45, 7) is 8.37. The minimum absolute atomic E-state index is 0.0286. The van der Waals surface area contributed by atoms with Crippen LogP contribution in [0.15, 0.2) is 0 Å². The van der Waals surface area contributed by atoms with E-state index in [0.717, 1.165) is 6.42 Å². The summed E-state index contributed by atoms with van der Waals surface area (Å²) in [5, 5.41) is 2.80. The maximum absolute atomic E-state index is 12.3. The number of rotatable bonds is 6. The van der Waals surface area contributed by atoms with Crippen molar-refractivity contribution >= 4 is 11.8 Å². The monoisotopic (exact) mass is 270 g/mol. The van der Waals surface area contributed by atoms with E-state index < -0.39 is 0 Å². The van der Waals surface area contributed by atoms with Crippen LogP contribution in [0.3, 0.4) is 0 Å². The van der Waals surface area contributed by atoms with E-state index in [2.05, 4.69) is 5.32 Å². The summed E-state index contributed by atoms with van der Waals surface area (Å²) in [5.74, 6) is -0.00924. The topological polar surface area (TPSA) is 58.6 Å². The molecule has 0 saturated carbocycles. The molecule has 0 spiro atoms. The molecule has 2 atom stereocenters. The van der Waals surface area contributed by atoms with Crippen molar-refractivity contribution in [2.24, 2.45) is 0 Å². The highest BCUT2D eigenvalue weighted by atomic mass is 16.5. The Morgan fingerprint density at radius 2 is 1.89 bits per heavy atom. The molecule has 0 aromatic heterocycles. The molecule has 0 aromatic carbocycles. The van der Waals surface area contributed by atoms with Gasteiger partial charge in [-0.25, -0.2) is 0 Å². The highest BCUT2D eigenvalue weighted by molar-refractivity contribution is 5.96. The van der Waals surface area contributed by atoms with Crippen molar-refractivity contribution in [3.63, 3.8) is 0 Å². The predicted octanol–water partition coefficient (Wildman–Crippen LogP) is 1.32. The van der Waals surface area contributed by atoms with Crippen molar-refractivity contribution in [2.75, 3.05) is 13.7 Å². The van der Waals surface area contributed by atoms with E-state index in [1.807, 2.05) is 27.7 Å². The van der Waals surface area contributed by atoms with Crippen LogP contribution >= 0.6 is 0 Å². The van der Waals surface area contributed by atoms with Crippen LogP contribution in [0.4, 0.5) is 0 Å². The fourth-order valence-corrected chi connectivity index (χ4v) is 2.27. The number of hydrogen-bond acceptors (Lipinski definition) is 3. The number of methoxy groups -OCH3 is 1. The quantitative estimate of drug-likeness (QED) is 0.792. The second-order valence-electron chi connectivity index (χ2n) is 5.64. The van der Waals surface area contributed by atoms with Gasteiger partial charge in [-0.2, -0.15) is 0 Å². The maximum Gasteiger partial charge on any atom is 0.245 e. The Labute approximate surface area is 115 Å². The number of nitrogens with zero attached hydrogens (tertiary/aromatic N) is 1. The first-order valence-electron chi connectivity index (χ1n) is 7.02. The Balaban J connectivity index is 2.79. The molecule has 1 aliphatic heterocycles. The van der Waals surface area contributed by atoms with Gasteiger partial charge in [-0.15, -0.1) is 0 Å². The van der Waals surface area contributed by atoms with Crippen LogP contribution in [-0.2, 0) is 14.3 Å². The van der Waals surface area contributed by atoms with Gasteiger partial charge >= 0.3 is 0 Å². The lowest BCUT2D eigenvalue weighted by atomic mass is 10.00. The molecule has 0 aliphatic carbocycles. The van der Waals surface area contributed by atoms with Gasteiger partial charge in [0, 0.05) is 13.7 Å². The van der Waals surface area contributed by atoms with Gasteiger partial charge in [0.15, 0.2) is 0 Å². The van der Waals surface area contributed by atoms with Crippen LogP contribution in [0.25, 0.3) is 0 Å². The van der Waals surface area contributed by atoms with Crippen LogP contribution in [0.2, 0.25) is 0 Å². The Kier molecular flexibility index (Phi) is 5.35. The second-order valence-corrected chi connectivity index (χ2v) is 5.64. The fraction of sp³-hybridized carbons (Fsp3) is 0.857. The third-order valence-corrected chi connectivity index (χ3v) is 3.88. The molecule has 5 nitrogen and oxygen atoms in total. The first-order chi connectivity index (χ1) is 8.86. The molecule has 0 bridgehead atoms. The molecule has 2 unspecified atom stereocenters. The van der Waals surface area contributed by atoms with Crippen LogP contribution in [0.1, 0.15) is 47.0 Å². The summed E-state index contributed by atoms with van der Waals surface area (Å²) in [6.07, 6.45) is 1.99. The zero-order valence-corrected chi connectivity index (χ0v) is 12.7. The normalized spacial score (nSPS) is 24.6. The second kappa shape index (κ2) is 6.37. The lowest BCUT2D eigenvalue weighted by molar-refractivity contribution is -0.150. The molecule has 1 saturated heterocycles. The summed E-state index contributed by atoms with van der Waals surface area (Å²) in [6, 6.07) is -0.719. The standard InChI is InChI=1S/C14H26N2O3/c1-6-10-13(18)16(9-8-14(3,4)19-5)11(7-2)12(17)15-10/h10-11H,6-9H2,1-5H3,(H,15,17). The van der Waals surface area contributed by atoms with Crippen molar-refractivity contribution in [1.29, 1.82) is 0 Å². The summed E-state index contributed by atoms with van der Waals surface area (Å²) < 4.78 is 5.37. The van der Waals surface area contributed by atoms with Crippen molar-refractivity contribution in [1.82, 2.24) is 10.2 Å². The van der Waals surface area contributed by atoms with E-state index in [1.165, 1.54) is 0 Å². The van der Waals surface area contributed by atoms with E-state index >= 15 is 0 Å². The molecule has 110 valence electrons. The van der Waals surface area contributed by atoms with Crippen LogP contribution in [0.5, 0.6) is 0 Å². The molecule has 1 rings (SSSR count). The van der Waals surface area contributed by atoms with E-state index in [4.69, 9.17) is 4.74 Å². The molecule has 1 heterocycles. The van der Waals surface area contributed by atoms with Crippen molar-refractivity contribution < 1.29 is 14.3 Å². The third kappa shape index (κ3) is 3.69.